The summed E-state index contributed by atoms with van der Waals surface area (Å²) in [6, 6.07) is 6.82. The molecule has 1 aromatic rings. The Morgan fingerprint density at radius 2 is 1.93 bits per heavy atom. The normalized spacial score (nSPS) is 21.1. The molecule has 2 heterocycles. The highest BCUT2D eigenvalue weighted by Crippen LogP contribution is 2.52. The second kappa shape index (κ2) is 6.88. The highest BCUT2D eigenvalue weighted by molar-refractivity contribution is 6.22. The lowest BCUT2D eigenvalue weighted by molar-refractivity contribution is -0.142. The quantitative estimate of drug-likeness (QED) is 0.588. The van der Waals surface area contributed by atoms with E-state index in [1.54, 1.807) is 24.3 Å². The van der Waals surface area contributed by atoms with Gasteiger partial charge in [-0.3, -0.25) is 9.59 Å². The Bertz CT molecular complexity index is 901. The Hall–Kier alpha value is -3.13. The summed E-state index contributed by atoms with van der Waals surface area (Å²) in [6.07, 6.45) is 0. The van der Waals surface area contributed by atoms with Gasteiger partial charge in [-0.2, -0.15) is 0 Å². The van der Waals surface area contributed by atoms with Gasteiger partial charge in [0.2, 0.25) is 11.8 Å². The Balaban J connectivity index is 2.26. The number of allylic oxidation sites excluding steroid dienone is 1. The largest absolute Gasteiger partial charge is 0.460 e. The molecular formula is C19H20N2O6. The molecule has 1 spiro atoms. The zero-order valence-corrected chi connectivity index (χ0v) is 15.3. The number of carbonyl (C=O) groups is 3. The molecule has 0 unspecified atom stereocenters. The molecule has 142 valence electrons. The van der Waals surface area contributed by atoms with E-state index in [-0.39, 0.29) is 36.0 Å². The van der Waals surface area contributed by atoms with E-state index in [1.807, 2.05) is 0 Å². The minimum absolute atomic E-state index is 0.0381. The van der Waals surface area contributed by atoms with Gasteiger partial charge in [-0.1, -0.05) is 18.2 Å². The number of esters is 1. The van der Waals surface area contributed by atoms with Gasteiger partial charge in [-0.05, 0) is 19.9 Å². The first-order valence-corrected chi connectivity index (χ1v) is 8.33. The third-order valence-corrected chi connectivity index (χ3v) is 4.61. The zero-order valence-electron chi connectivity index (χ0n) is 15.3. The lowest BCUT2D eigenvalue weighted by atomic mass is 9.67. The molecule has 1 aromatic carbocycles. The minimum atomic E-state index is -1.72. The summed E-state index contributed by atoms with van der Waals surface area (Å²) in [4.78, 5) is 38.6. The highest BCUT2D eigenvalue weighted by Gasteiger charge is 2.60. The van der Waals surface area contributed by atoms with E-state index in [0.717, 1.165) is 0 Å². The fraction of sp³-hybridized carbons (Fsp3) is 0.316. The van der Waals surface area contributed by atoms with Crippen LogP contribution in [0.5, 0.6) is 0 Å². The zero-order chi connectivity index (χ0) is 19.8. The lowest BCUT2D eigenvalue weighted by Gasteiger charge is -2.35. The van der Waals surface area contributed by atoms with Crippen molar-refractivity contribution >= 4 is 23.3 Å². The topological polar surface area (TPSA) is 117 Å². The summed E-state index contributed by atoms with van der Waals surface area (Å²) >= 11 is 0. The molecule has 8 nitrogen and oxygen atoms in total. The first-order chi connectivity index (χ1) is 12.9. The van der Waals surface area contributed by atoms with E-state index in [9.17, 15) is 14.4 Å². The monoisotopic (exact) mass is 372 g/mol. The van der Waals surface area contributed by atoms with Gasteiger partial charge in [0, 0.05) is 18.4 Å². The maximum Gasteiger partial charge on any atom is 0.341 e. The molecule has 3 rings (SSSR count). The molecule has 0 radical (unpaired) electrons. The number of methoxy groups -OCH3 is 1. The predicted octanol–water partition coefficient (Wildman–Crippen LogP) is 1.13. The van der Waals surface area contributed by atoms with Crippen LogP contribution in [0.15, 0.2) is 47.1 Å². The van der Waals surface area contributed by atoms with Crippen LogP contribution >= 0.6 is 0 Å². The minimum Gasteiger partial charge on any atom is -0.460 e. The molecule has 8 heteroatoms. The van der Waals surface area contributed by atoms with Gasteiger partial charge in [0.15, 0.2) is 5.78 Å². The third-order valence-electron chi connectivity index (χ3n) is 4.61. The summed E-state index contributed by atoms with van der Waals surface area (Å²) in [7, 11) is 1.47. The van der Waals surface area contributed by atoms with Crippen molar-refractivity contribution < 1.29 is 28.6 Å². The summed E-state index contributed by atoms with van der Waals surface area (Å²) in [5.41, 5.74) is 5.07. The van der Waals surface area contributed by atoms with Gasteiger partial charge < -0.3 is 25.3 Å². The van der Waals surface area contributed by atoms with Crippen molar-refractivity contribution in [2.75, 3.05) is 25.6 Å². The van der Waals surface area contributed by atoms with Gasteiger partial charge in [0.05, 0.1) is 12.2 Å². The van der Waals surface area contributed by atoms with Gasteiger partial charge >= 0.3 is 5.97 Å². The third kappa shape index (κ3) is 2.69. The van der Waals surface area contributed by atoms with E-state index in [2.05, 4.69) is 5.32 Å². The van der Waals surface area contributed by atoms with Crippen LogP contribution in [0.1, 0.15) is 19.4 Å². The number of anilines is 1. The number of ether oxygens (including phenoxy) is 3. The van der Waals surface area contributed by atoms with Crippen LogP contribution in [0.3, 0.4) is 0 Å². The Morgan fingerprint density at radius 3 is 2.59 bits per heavy atom. The fourth-order valence-corrected chi connectivity index (χ4v) is 3.65. The Morgan fingerprint density at radius 1 is 1.22 bits per heavy atom. The van der Waals surface area contributed by atoms with Crippen molar-refractivity contribution in [2.45, 2.75) is 19.3 Å². The number of nitrogens with two attached hydrogens (primary N) is 1. The molecule has 0 saturated heterocycles. The average Bonchev–Trinajstić information content (AvgIpc) is 2.87. The molecule has 2 aliphatic heterocycles. The maximum atomic E-state index is 13.2. The number of Topliss-reactive ketones (excluding diaryl/α,β-unsaturated/α-hetero) is 1. The molecule has 0 aliphatic carbocycles. The number of para-hydroxylation sites is 1. The number of rotatable bonds is 5. The number of benzene rings is 1. The van der Waals surface area contributed by atoms with Crippen LogP contribution in [-0.4, -0.2) is 38.0 Å². The molecule has 0 bridgehead atoms. The average molecular weight is 372 g/mol. The lowest BCUT2D eigenvalue weighted by Crippen LogP contribution is -2.48. The van der Waals surface area contributed by atoms with Gasteiger partial charge in [0.25, 0.3) is 0 Å². The van der Waals surface area contributed by atoms with Gasteiger partial charge in [-0.15, -0.1) is 0 Å². The first kappa shape index (κ1) is 18.7. The summed E-state index contributed by atoms with van der Waals surface area (Å²) in [5, 5.41) is 2.73. The van der Waals surface area contributed by atoms with Crippen LogP contribution in [0.2, 0.25) is 0 Å². The molecule has 0 fully saturated rings. The van der Waals surface area contributed by atoms with Gasteiger partial charge in [0.1, 0.15) is 23.4 Å². The van der Waals surface area contributed by atoms with Crippen molar-refractivity contribution in [3.05, 3.63) is 52.6 Å². The van der Waals surface area contributed by atoms with Crippen LogP contribution in [-0.2, 0) is 34.0 Å². The Kier molecular flexibility index (Phi) is 4.75. The SMILES string of the molecule is COCCOC(=O)C1=C(N)OC(C)=C(C(C)=O)[C@]12C(=O)Nc1ccccc12. The first-order valence-electron chi connectivity index (χ1n) is 8.33. The second-order valence-electron chi connectivity index (χ2n) is 6.21. The van der Waals surface area contributed by atoms with Crippen molar-refractivity contribution in [1.82, 2.24) is 0 Å². The molecule has 1 amide bonds. The molecule has 0 aromatic heterocycles. The standard InChI is InChI=1S/C19H20N2O6/c1-10(22)14-11(2)27-16(20)15(17(23)26-9-8-25-3)19(14)12-6-4-5-7-13(12)21-18(19)24/h4-7H,8-9,20H2,1-3H3,(H,21,24)/t19-/m0/s1. The number of amides is 1. The second-order valence-corrected chi connectivity index (χ2v) is 6.21. The van der Waals surface area contributed by atoms with E-state index in [0.29, 0.717) is 11.3 Å². The van der Waals surface area contributed by atoms with Crippen LogP contribution in [0.4, 0.5) is 5.69 Å². The van der Waals surface area contributed by atoms with Gasteiger partial charge in [-0.25, -0.2) is 4.79 Å². The van der Waals surface area contributed by atoms with Crippen molar-refractivity contribution in [2.24, 2.45) is 5.73 Å². The van der Waals surface area contributed by atoms with E-state index >= 15 is 0 Å². The number of fused-ring (bicyclic) bond motifs is 2. The van der Waals surface area contributed by atoms with Crippen LogP contribution in [0, 0.1) is 0 Å². The van der Waals surface area contributed by atoms with Crippen molar-refractivity contribution in [1.29, 1.82) is 0 Å². The molecule has 27 heavy (non-hydrogen) atoms. The summed E-state index contributed by atoms with van der Waals surface area (Å²) in [5.74, 6) is -1.91. The number of nitrogens with one attached hydrogen (secondary N) is 1. The van der Waals surface area contributed by atoms with Crippen LogP contribution < -0.4 is 11.1 Å². The van der Waals surface area contributed by atoms with E-state index in [4.69, 9.17) is 19.9 Å². The fourth-order valence-electron chi connectivity index (χ4n) is 3.65. The smallest absolute Gasteiger partial charge is 0.341 e. The van der Waals surface area contributed by atoms with Crippen molar-refractivity contribution in [3.8, 4) is 0 Å². The van der Waals surface area contributed by atoms with E-state index < -0.39 is 23.1 Å². The highest BCUT2D eigenvalue weighted by atomic mass is 16.6. The van der Waals surface area contributed by atoms with E-state index in [1.165, 1.54) is 21.0 Å². The van der Waals surface area contributed by atoms with Crippen LogP contribution in [0.25, 0.3) is 0 Å². The molecule has 0 saturated carbocycles. The molecular weight excluding hydrogens is 352 g/mol. The number of ketones is 1. The summed E-state index contributed by atoms with van der Waals surface area (Å²) < 4.78 is 15.5. The number of carbonyl (C=O) groups excluding carboxylic acids is 3. The maximum absolute atomic E-state index is 13.2. The molecule has 1 atom stereocenters. The molecule has 3 N–H and O–H groups in total. The summed E-state index contributed by atoms with van der Waals surface area (Å²) in [6.45, 7) is 2.98. The predicted molar refractivity (Wildman–Crippen MR) is 95.3 cm³/mol. The van der Waals surface area contributed by atoms with Crippen molar-refractivity contribution in [3.63, 3.8) is 0 Å². The Labute approximate surface area is 155 Å². The number of hydrogen-bond acceptors (Lipinski definition) is 7. The molecule has 2 aliphatic rings. The number of hydrogen-bond donors (Lipinski definition) is 2.